The smallest absolute Gasteiger partial charge is 0.337 e. The van der Waals surface area contributed by atoms with Gasteiger partial charge < -0.3 is 19.5 Å². The van der Waals surface area contributed by atoms with E-state index in [2.05, 4.69) is 5.32 Å². The van der Waals surface area contributed by atoms with Crippen LogP contribution in [-0.4, -0.2) is 29.6 Å². The summed E-state index contributed by atoms with van der Waals surface area (Å²) in [5, 5.41) is 16.2. The second-order valence-corrected chi connectivity index (χ2v) is 11.2. The maximum atomic E-state index is 13.9. The lowest BCUT2D eigenvalue weighted by molar-refractivity contribution is -0.385. The molecule has 2 aromatic rings. The van der Waals surface area contributed by atoms with Gasteiger partial charge in [0.05, 0.1) is 22.5 Å². The molecule has 0 amide bonds. The van der Waals surface area contributed by atoms with Gasteiger partial charge in [0.15, 0.2) is 17.3 Å². The Morgan fingerprint density at radius 1 is 1.07 bits per heavy atom. The first-order chi connectivity index (χ1) is 19.3. The molecule has 2 aromatic carbocycles. The van der Waals surface area contributed by atoms with Crippen LogP contribution in [0.2, 0.25) is 5.02 Å². The van der Waals surface area contributed by atoms with Crippen LogP contribution in [0.25, 0.3) is 0 Å². The van der Waals surface area contributed by atoms with Crippen molar-refractivity contribution in [3.63, 3.8) is 0 Å². The lowest BCUT2D eigenvalue weighted by atomic mass is 9.71. The molecule has 40 heavy (non-hydrogen) atoms. The fourth-order valence-electron chi connectivity index (χ4n) is 6.33. The number of Topliss-reactive ketones (excluding diaryl/α,β-unsaturated/α-hetero) is 1. The van der Waals surface area contributed by atoms with E-state index in [9.17, 15) is 19.7 Å². The van der Waals surface area contributed by atoms with E-state index >= 15 is 0 Å². The number of carbonyl (C=O) groups is 2. The van der Waals surface area contributed by atoms with Crippen molar-refractivity contribution in [1.29, 1.82) is 0 Å². The van der Waals surface area contributed by atoms with E-state index in [-0.39, 0.29) is 53.6 Å². The molecule has 2 aliphatic carbocycles. The molecular formula is C30H29ClN2O7. The predicted molar refractivity (Wildman–Crippen MR) is 146 cm³/mol. The number of dihydropyridines is 1. The second kappa shape index (κ2) is 10.6. The summed E-state index contributed by atoms with van der Waals surface area (Å²) in [6, 6.07) is 10.2. The molecule has 0 saturated heterocycles. The van der Waals surface area contributed by atoms with Gasteiger partial charge in [-0.25, -0.2) is 4.79 Å². The zero-order valence-electron chi connectivity index (χ0n) is 22.0. The molecule has 4 aliphatic rings. The number of hydrogen-bond donors (Lipinski definition) is 1. The number of esters is 1. The van der Waals surface area contributed by atoms with Gasteiger partial charge in [0.2, 0.25) is 6.79 Å². The van der Waals surface area contributed by atoms with Crippen LogP contribution in [0.15, 0.2) is 58.9 Å². The van der Waals surface area contributed by atoms with Gasteiger partial charge in [-0.1, -0.05) is 30.2 Å². The number of nitro benzene ring substituents is 1. The molecule has 0 unspecified atom stereocenters. The molecule has 1 N–H and O–H groups in total. The summed E-state index contributed by atoms with van der Waals surface area (Å²) in [5.41, 5.74) is 2.67. The number of fused-ring (bicyclic) bond motifs is 1. The van der Waals surface area contributed by atoms with Crippen molar-refractivity contribution in [3.8, 4) is 11.5 Å². The van der Waals surface area contributed by atoms with Crippen LogP contribution in [0, 0.1) is 10.1 Å². The molecule has 1 fully saturated rings. The molecule has 1 saturated carbocycles. The zero-order valence-corrected chi connectivity index (χ0v) is 22.8. The highest BCUT2D eigenvalue weighted by molar-refractivity contribution is 6.30. The lowest BCUT2D eigenvalue weighted by Gasteiger charge is -2.37. The Kier molecular flexibility index (Phi) is 7.00. The third-order valence-electron chi connectivity index (χ3n) is 8.24. The van der Waals surface area contributed by atoms with Crippen LogP contribution < -0.4 is 14.8 Å². The van der Waals surface area contributed by atoms with Gasteiger partial charge in [-0.05, 0) is 68.7 Å². The molecule has 2 atom stereocenters. The van der Waals surface area contributed by atoms with Crippen LogP contribution in [0.3, 0.4) is 0 Å². The number of allylic oxidation sites excluding steroid dienone is 3. The fourth-order valence-corrected chi connectivity index (χ4v) is 6.45. The summed E-state index contributed by atoms with van der Waals surface area (Å²) in [6.07, 6.45) is 5.08. The van der Waals surface area contributed by atoms with Gasteiger partial charge in [-0.2, -0.15) is 0 Å². The molecular weight excluding hydrogens is 536 g/mol. The highest BCUT2D eigenvalue weighted by Crippen LogP contribution is 2.50. The zero-order chi connectivity index (χ0) is 28.0. The molecule has 2 heterocycles. The van der Waals surface area contributed by atoms with Crippen molar-refractivity contribution in [2.45, 2.75) is 69.8 Å². The van der Waals surface area contributed by atoms with Crippen LogP contribution in [0.5, 0.6) is 11.5 Å². The number of nitrogens with zero attached hydrogens (tertiary/aromatic N) is 1. The number of hydrogen-bond acceptors (Lipinski definition) is 8. The molecule has 0 aromatic heterocycles. The summed E-state index contributed by atoms with van der Waals surface area (Å²) >= 11 is 6.08. The van der Waals surface area contributed by atoms with Crippen molar-refractivity contribution in [2.24, 2.45) is 0 Å². The number of rotatable bonds is 5. The molecule has 0 bridgehead atoms. The SMILES string of the molecule is CC1=C(C(=O)OC2CCCCC2)[C@@H](c2cc3c(cc2[N+](=O)[O-])OCO3)C2=C(C[C@H](c3ccc(Cl)cc3)CC2=O)N1. The number of benzene rings is 2. The number of nitrogens with one attached hydrogen (secondary N) is 1. The number of carbonyl (C=O) groups excluding carboxylic acids is 2. The van der Waals surface area contributed by atoms with Crippen molar-refractivity contribution in [2.75, 3.05) is 6.79 Å². The molecule has 0 spiro atoms. The predicted octanol–water partition coefficient (Wildman–Crippen LogP) is 6.21. The van der Waals surface area contributed by atoms with E-state index < -0.39 is 16.8 Å². The van der Waals surface area contributed by atoms with Crippen LogP contribution >= 0.6 is 11.6 Å². The summed E-state index contributed by atoms with van der Waals surface area (Å²) in [4.78, 5) is 39.5. The van der Waals surface area contributed by atoms with E-state index in [1.165, 1.54) is 12.1 Å². The maximum absolute atomic E-state index is 13.9. The largest absolute Gasteiger partial charge is 0.459 e. The molecule has 9 nitrogen and oxygen atoms in total. The fraction of sp³-hybridized carbons (Fsp3) is 0.400. The van der Waals surface area contributed by atoms with Crippen LogP contribution in [-0.2, 0) is 14.3 Å². The van der Waals surface area contributed by atoms with E-state index in [0.29, 0.717) is 34.2 Å². The highest BCUT2D eigenvalue weighted by Gasteiger charge is 2.45. The minimum atomic E-state index is -0.985. The van der Waals surface area contributed by atoms with E-state index in [1.54, 1.807) is 19.1 Å². The van der Waals surface area contributed by atoms with Gasteiger partial charge in [0.1, 0.15) is 6.10 Å². The minimum Gasteiger partial charge on any atom is -0.459 e. The topological polar surface area (TPSA) is 117 Å². The van der Waals surface area contributed by atoms with E-state index in [1.807, 2.05) is 12.1 Å². The van der Waals surface area contributed by atoms with Crippen LogP contribution in [0.1, 0.15) is 74.8 Å². The first-order valence-electron chi connectivity index (χ1n) is 13.6. The Bertz CT molecular complexity index is 1460. The molecule has 0 radical (unpaired) electrons. The molecule has 6 rings (SSSR count). The Hall–Kier alpha value is -3.85. The monoisotopic (exact) mass is 564 g/mol. The van der Waals surface area contributed by atoms with Crippen molar-refractivity contribution in [1.82, 2.24) is 5.32 Å². The normalized spacial score (nSPS) is 22.6. The molecule has 2 aliphatic heterocycles. The number of halogens is 1. The van der Waals surface area contributed by atoms with Crippen molar-refractivity contribution in [3.05, 3.63) is 85.2 Å². The van der Waals surface area contributed by atoms with E-state index in [4.69, 9.17) is 25.8 Å². The third kappa shape index (κ3) is 4.83. The Morgan fingerprint density at radius 2 is 1.77 bits per heavy atom. The minimum absolute atomic E-state index is 0.0662. The first-order valence-corrected chi connectivity index (χ1v) is 14.0. The van der Waals surface area contributed by atoms with Crippen LogP contribution in [0.4, 0.5) is 5.69 Å². The van der Waals surface area contributed by atoms with Gasteiger partial charge in [-0.15, -0.1) is 0 Å². The van der Waals surface area contributed by atoms with Crippen molar-refractivity contribution >= 4 is 29.0 Å². The van der Waals surface area contributed by atoms with Gasteiger partial charge >= 0.3 is 5.97 Å². The maximum Gasteiger partial charge on any atom is 0.337 e. The third-order valence-corrected chi connectivity index (χ3v) is 8.50. The van der Waals surface area contributed by atoms with Crippen molar-refractivity contribution < 1.29 is 28.7 Å². The summed E-state index contributed by atoms with van der Waals surface area (Å²) < 4.78 is 16.9. The highest BCUT2D eigenvalue weighted by atomic mass is 35.5. The summed E-state index contributed by atoms with van der Waals surface area (Å²) in [7, 11) is 0. The lowest BCUT2D eigenvalue weighted by Crippen LogP contribution is -2.37. The number of ketones is 1. The number of ether oxygens (including phenoxy) is 3. The van der Waals surface area contributed by atoms with E-state index in [0.717, 1.165) is 37.7 Å². The second-order valence-electron chi connectivity index (χ2n) is 10.8. The van der Waals surface area contributed by atoms with Gasteiger partial charge in [0.25, 0.3) is 5.69 Å². The molecule has 10 heteroatoms. The Morgan fingerprint density at radius 3 is 2.48 bits per heavy atom. The number of nitro groups is 1. The summed E-state index contributed by atoms with van der Waals surface area (Å²) in [5.74, 6) is -1.24. The van der Waals surface area contributed by atoms with Gasteiger partial charge in [0, 0.05) is 34.0 Å². The quantitative estimate of drug-likeness (QED) is 0.258. The van der Waals surface area contributed by atoms with Gasteiger partial charge in [-0.3, -0.25) is 14.9 Å². The first kappa shape index (κ1) is 26.4. The Labute approximate surface area is 236 Å². The average Bonchev–Trinajstić information content (AvgIpc) is 3.40. The Balaban J connectivity index is 1.46. The molecule has 208 valence electrons. The average molecular weight is 565 g/mol. The summed E-state index contributed by atoms with van der Waals surface area (Å²) in [6.45, 7) is 1.69. The standard InChI is InChI=1S/C30H29ClN2O7/c1-16-27(30(35)40-20-5-3-2-4-6-20)28(21-13-25-26(39-15-38-25)14-23(21)33(36)37)29-22(32-16)11-18(12-24(29)34)17-7-9-19(31)10-8-17/h7-10,13-14,18,20,28,32H,2-6,11-12,15H2,1H3/t18-,28+/m0/s1.